The van der Waals surface area contributed by atoms with Gasteiger partial charge in [0.1, 0.15) is 33.5 Å². The lowest BCUT2D eigenvalue weighted by Gasteiger charge is -2.39. The maximum Gasteiger partial charge on any atom is 0.236 e. The van der Waals surface area contributed by atoms with Crippen LogP contribution in [0.4, 0.5) is 16.8 Å². The minimum atomic E-state index is -0.377. The minimum Gasteiger partial charge on any atom is -0.389 e. The van der Waals surface area contributed by atoms with Crippen LogP contribution >= 0.6 is 11.3 Å². The summed E-state index contributed by atoms with van der Waals surface area (Å²) < 4.78 is 2.10. The second-order valence-electron chi connectivity index (χ2n) is 11.9. The number of thiazole rings is 1. The number of aromatic nitrogens is 4. The molecule has 1 aliphatic carbocycles. The fraction of sp³-hybridized carbons (Fsp3) is 0.452. The minimum absolute atomic E-state index is 0.0848. The van der Waals surface area contributed by atoms with E-state index in [-0.39, 0.29) is 12.0 Å². The van der Waals surface area contributed by atoms with Crippen molar-refractivity contribution in [3.8, 4) is 17.3 Å². The number of amides is 1. The standard InChI is InChI=1S/C31H35N9O2S/c1-19-4-6-21(7-5-19)28-24(15-32)43-31(34-28)36(3)30-29-27(35-40(30)22-8-9-22)20(2)14-25(33-29)38-12-10-37(11-13-38)18-26(42)39-16-23(41)17-39/h4-7,14,22-23,41H,8-13,16-18H2,1-3H3. The van der Waals surface area contributed by atoms with E-state index < -0.39 is 0 Å². The number of aliphatic hydroxyl groups excluding tert-OH is 1. The molecule has 5 heterocycles. The number of fused-ring (bicyclic) bond motifs is 1. The third-order valence-electron chi connectivity index (χ3n) is 8.62. The number of carbonyl (C=O) groups is 1. The maximum atomic E-state index is 12.5. The summed E-state index contributed by atoms with van der Waals surface area (Å²) in [4.78, 5) is 31.5. The fourth-order valence-corrected chi connectivity index (χ4v) is 6.70. The molecule has 7 rings (SSSR count). The lowest BCUT2D eigenvalue weighted by molar-refractivity contribution is -0.142. The van der Waals surface area contributed by atoms with Gasteiger partial charge < -0.3 is 19.8 Å². The number of piperazine rings is 1. The van der Waals surface area contributed by atoms with E-state index in [2.05, 4.69) is 33.5 Å². The Morgan fingerprint density at radius 2 is 1.81 bits per heavy atom. The highest BCUT2D eigenvalue weighted by molar-refractivity contribution is 7.16. The van der Waals surface area contributed by atoms with E-state index in [1.807, 2.05) is 43.1 Å². The second kappa shape index (κ2) is 10.9. The lowest BCUT2D eigenvalue weighted by atomic mass is 10.1. The van der Waals surface area contributed by atoms with Gasteiger partial charge in [-0.2, -0.15) is 10.4 Å². The van der Waals surface area contributed by atoms with Crippen molar-refractivity contribution in [2.75, 3.05) is 62.7 Å². The zero-order valence-corrected chi connectivity index (χ0v) is 25.5. The van der Waals surface area contributed by atoms with Crippen molar-refractivity contribution in [3.63, 3.8) is 0 Å². The molecule has 1 saturated carbocycles. The molecule has 12 heteroatoms. The number of nitrogens with zero attached hydrogens (tertiary/aromatic N) is 9. The van der Waals surface area contributed by atoms with Gasteiger partial charge in [0, 0.05) is 51.9 Å². The molecule has 0 atom stereocenters. The van der Waals surface area contributed by atoms with Crippen LogP contribution in [0.2, 0.25) is 0 Å². The Hall–Kier alpha value is -4.05. The Labute approximate surface area is 254 Å². The molecular weight excluding hydrogens is 562 g/mol. The third-order valence-corrected chi connectivity index (χ3v) is 9.65. The summed E-state index contributed by atoms with van der Waals surface area (Å²) in [6, 6.07) is 12.9. The van der Waals surface area contributed by atoms with Crippen LogP contribution in [0.15, 0.2) is 30.3 Å². The van der Waals surface area contributed by atoms with Gasteiger partial charge in [-0.05, 0) is 38.3 Å². The molecule has 4 aromatic rings. The highest BCUT2D eigenvalue weighted by Crippen LogP contribution is 2.44. The molecule has 11 nitrogen and oxygen atoms in total. The number of rotatable bonds is 7. The van der Waals surface area contributed by atoms with Crippen molar-refractivity contribution < 1.29 is 9.90 Å². The maximum absolute atomic E-state index is 12.5. The van der Waals surface area contributed by atoms with E-state index in [1.54, 1.807) is 4.90 Å². The average Bonchev–Trinajstić information content (AvgIpc) is 3.62. The Morgan fingerprint density at radius 1 is 1.09 bits per heavy atom. The van der Waals surface area contributed by atoms with Gasteiger partial charge in [0.05, 0.1) is 18.7 Å². The number of nitriles is 1. The van der Waals surface area contributed by atoms with Gasteiger partial charge in [-0.1, -0.05) is 41.2 Å². The largest absolute Gasteiger partial charge is 0.389 e. The zero-order chi connectivity index (χ0) is 29.8. The molecular formula is C31H35N9O2S. The monoisotopic (exact) mass is 597 g/mol. The second-order valence-corrected chi connectivity index (χ2v) is 12.9. The predicted molar refractivity (Wildman–Crippen MR) is 167 cm³/mol. The number of aliphatic hydroxyl groups is 1. The normalized spacial score (nSPS) is 17.7. The zero-order valence-electron chi connectivity index (χ0n) is 24.7. The summed E-state index contributed by atoms with van der Waals surface area (Å²) in [6.45, 7) is 8.49. The topological polar surface area (TPSA) is 118 Å². The number of hydrogen-bond acceptors (Lipinski definition) is 10. The van der Waals surface area contributed by atoms with Crippen molar-refractivity contribution in [2.24, 2.45) is 0 Å². The Morgan fingerprint density at radius 3 is 2.47 bits per heavy atom. The number of anilines is 3. The Kier molecular flexibility index (Phi) is 7.04. The van der Waals surface area contributed by atoms with Gasteiger partial charge in [-0.3, -0.25) is 9.69 Å². The summed E-state index contributed by atoms with van der Waals surface area (Å²) in [5.74, 6) is 1.89. The molecule has 1 aromatic carbocycles. The first-order chi connectivity index (χ1) is 20.8. The summed E-state index contributed by atoms with van der Waals surface area (Å²) in [6.07, 6.45) is 1.78. The summed E-state index contributed by atoms with van der Waals surface area (Å²) in [5.41, 5.74) is 5.58. The molecule has 3 fully saturated rings. The average molecular weight is 598 g/mol. The highest BCUT2D eigenvalue weighted by Gasteiger charge is 2.33. The number of β-amino-alcohol motifs (C(OH)–C–C–N with tert-alkyl or cyclic N) is 1. The van der Waals surface area contributed by atoms with Gasteiger partial charge in [-0.15, -0.1) is 0 Å². The smallest absolute Gasteiger partial charge is 0.236 e. The van der Waals surface area contributed by atoms with Crippen LogP contribution in [0.25, 0.3) is 22.3 Å². The molecule has 1 amide bonds. The van der Waals surface area contributed by atoms with Crippen LogP contribution in [-0.2, 0) is 4.79 Å². The van der Waals surface area contributed by atoms with Crippen LogP contribution < -0.4 is 9.80 Å². The van der Waals surface area contributed by atoms with Crippen LogP contribution in [-0.4, -0.2) is 99.5 Å². The summed E-state index contributed by atoms with van der Waals surface area (Å²) >= 11 is 1.39. The van der Waals surface area contributed by atoms with E-state index in [4.69, 9.17) is 15.1 Å². The Bertz CT molecular complexity index is 1720. The molecule has 0 unspecified atom stereocenters. The molecule has 2 aliphatic heterocycles. The number of carbonyl (C=O) groups excluding carboxylic acids is 1. The van der Waals surface area contributed by atoms with Crippen molar-refractivity contribution in [1.29, 1.82) is 5.26 Å². The van der Waals surface area contributed by atoms with Crippen LogP contribution in [0.1, 0.15) is 34.9 Å². The number of pyridine rings is 1. The predicted octanol–water partition coefficient (Wildman–Crippen LogP) is 3.47. The third kappa shape index (κ3) is 5.22. The van der Waals surface area contributed by atoms with Crippen LogP contribution in [0.5, 0.6) is 0 Å². The lowest BCUT2D eigenvalue weighted by Crippen LogP contribution is -2.57. The summed E-state index contributed by atoms with van der Waals surface area (Å²) in [5, 5.41) is 25.2. The first kappa shape index (κ1) is 27.8. The van der Waals surface area contributed by atoms with Crippen LogP contribution in [0, 0.1) is 25.2 Å². The van der Waals surface area contributed by atoms with E-state index in [1.165, 1.54) is 11.3 Å². The number of aryl methyl sites for hydroxylation is 2. The van der Waals surface area contributed by atoms with Gasteiger partial charge in [0.25, 0.3) is 0 Å². The van der Waals surface area contributed by atoms with Gasteiger partial charge in [0.2, 0.25) is 5.91 Å². The Balaban J connectivity index is 1.17. The van der Waals surface area contributed by atoms with Crippen LogP contribution in [0.3, 0.4) is 0 Å². The molecule has 2 saturated heterocycles. The first-order valence-corrected chi connectivity index (χ1v) is 15.7. The number of benzene rings is 1. The number of hydrogen-bond donors (Lipinski definition) is 1. The first-order valence-electron chi connectivity index (χ1n) is 14.8. The van der Waals surface area contributed by atoms with Crippen molar-refractivity contribution in [3.05, 3.63) is 46.3 Å². The highest BCUT2D eigenvalue weighted by atomic mass is 32.1. The van der Waals surface area contributed by atoms with Crippen molar-refractivity contribution >= 4 is 45.0 Å². The molecule has 222 valence electrons. The van der Waals surface area contributed by atoms with E-state index >= 15 is 0 Å². The molecule has 0 spiro atoms. The van der Waals surface area contributed by atoms with E-state index in [0.29, 0.717) is 36.2 Å². The number of likely N-dealkylation sites (tertiary alicyclic amines) is 1. The quantitative estimate of drug-likeness (QED) is 0.342. The molecule has 3 aliphatic rings. The molecule has 43 heavy (non-hydrogen) atoms. The van der Waals surface area contributed by atoms with E-state index in [9.17, 15) is 15.2 Å². The molecule has 0 radical (unpaired) electrons. The van der Waals surface area contributed by atoms with E-state index in [0.717, 1.165) is 83.5 Å². The SMILES string of the molecule is Cc1ccc(-c2nc(N(C)c3c4nc(N5CCN(CC(=O)N6CC(O)C6)CC5)cc(C)c4nn3C3CC3)sc2C#N)cc1. The van der Waals surface area contributed by atoms with Gasteiger partial charge in [-0.25, -0.2) is 14.6 Å². The van der Waals surface area contributed by atoms with Gasteiger partial charge in [0.15, 0.2) is 10.9 Å². The molecule has 1 N–H and O–H groups in total. The molecule has 3 aromatic heterocycles. The summed E-state index contributed by atoms with van der Waals surface area (Å²) in [7, 11) is 1.99. The van der Waals surface area contributed by atoms with Crippen molar-refractivity contribution in [2.45, 2.75) is 38.8 Å². The van der Waals surface area contributed by atoms with Gasteiger partial charge >= 0.3 is 0 Å². The van der Waals surface area contributed by atoms with Crippen molar-refractivity contribution in [1.82, 2.24) is 29.5 Å². The molecule has 0 bridgehead atoms. The fourth-order valence-electron chi connectivity index (χ4n) is 5.85.